The Morgan fingerprint density at radius 3 is 2.52 bits per heavy atom. The van der Waals surface area contributed by atoms with E-state index in [0.717, 1.165) is 25.7 Å². The van der Waals surface area contributed by atoms with Gasteiger partial charge in [-0.3, -0.25) is 9.59 Å². The summed E-state index contributed by atoms with van der Waals surface area (Å²) in [5.74, 6) is -2.36. The van der Waals surface area contributed by atoms with Crippen molar-refractivity contribution in [1.29, 1.82) is 0 Å². The molecule has 2 N–H and O–H groups in total. The van der Waals surface area contributed by atoms with E-state index >= 15 is 0 Å². The van der Waals surface area contributed by atoms with Crippen molar-refractivity contribution in [1.82, 2.24) is 10.3 Å². The minimum Gasteiger partial charge on any atom is -0.481 e. The highest BCUT2D eigenvalue weighted by molar-refractivity contribution is 5.94. The normalized spacial score (nSPS) is 17.8. The van der Waals surface area contributed by atoms with Crippen molar-refractivity contribution < 1.29 is 19.1 Å². The van der Waals surface area contributed by atoms with Crippen LogP contribution >= 0.6 is 0 Å². The molecule has 0 radical (unpaired) electrons. The summed E-state index contributed by atoms with van der Waals surface area (Å²) in [5.41, 5.74) is -1.10. The topological polar surface area (TPSA) is 79.3 Å². The third kappa shape index (κ3) is 3.56. The number of hydrogen-bond acceptors (Lipinski definition) is 3. The van der Waals surface area contributed by atoms with Gasteiger partial charge in [0.05, 0.1) is 11.0 Å². The summed E-state index contributed by atoms with van der Waals surface area (Å²) < 4.78 is 13.4. The number of carboxylic acid groups (broad SMARTS) is 1. The third-order valence-electron chi connectivity index (χ3n) is 4.11. The van der Waals surface area contributed by atoms with Crippen molar-refractivity contribution >= 4 is 11.9 Å². The Morgan fingerprint density at radius 2 is 1.95 bits per heavy atom. The fraction of sp³-hybridized carbons (Fsp3) is 0.533. The minimum absolute atomic E-state index is 0.0233. The molecule has 1 heterocycles. The highest BCUT2D eigenvalue weighted by atomic mass is 19.1. The van der Waals surface area contributed by atoms with Gasteiger partial charge in [-0.15, -0.1) is 0 Å². The lowest BCUT2D eigenvalue weighted by Crippen LogP contribution is -2.43. The van der Waals surface area contributed by atoms with Crippen molar-refractivity contribution in [3.05, 3.63) is 29.8 Å². The van der Waals surface area contributed by atoms with E-state index in [0.29, 0.717) is 12.8 Å². The Balaban J connectivity index is 2.07. The largest absolute Gasteiger partial charge is 0.481 e. The zero-order chi connectivity index (χ0) is 15.3. The number of halogens is 1. The predicted octanol–water partition coefficient (Wildman–Crippen LogP) is 2.38. The highest BCUT2D eigenvalue weighted by Gasteiger charge is 2.39. The van der Waals surface area contributed by atoms with Crippen LogP contribution in [-0.2, 0) is 4.79 Å². The van der Waals surface area contributed by atoms with Crippen LogP contribution in [0.25, 0.3) is 0 Å². The Morgan fingerprint density at radius 1 is 1.29 bits per heavy atom. The molecule has 0 unspecified atom stereocenters. The molecule has 5 nitrogen and oxygen atoms in total. The number of aromatic nitrogens is 1. The summed E-state index contributed by atoms with van der Waals surface area (Å²) >= 11 is 0. The average molecular weight is 294 g/mol. The quantitative estimate of drug-likeness (QED) is 0.660. The molecule has 1 aliphatic rings. The van der Waals surface area contributed by atoms with Crippen LogP contribution in [0.1, 0.15) is 48.9 Å². The van der Waals surface area contributed by atoms with Gasteiger partial charge in [-0.2, -0.15) is 4.39 Å². The zero-order valence-electron chi connectivity index (χ0n) is 11.8. The van der Waals surface area contributed by atoms with Crippen molar-refractivity contribution in [3.8, 4) is 0 Å². The van der Waals surface area contributed by atoms with E-state index in [-0.39, 0.29) is 12.1 Å². The van der Waals surface area contributed by atoms with Crippen molar-refractivity contribution in [2.75, 3.05) is 6.54 Å². The Bertz CT molecular complexity index is 525. The van der Waals surface area contributed by atoms with Gasteiger partial charge in [0.1, 0.15) is 0 Å². The molecule has 0 aliphatic heterocycles. The van der Waals surface area contributed by atoms with E-state index in [1.807, 2.05) is 0 Å². The van der Waals surface area contributed by atoms with E-state index in [1.54, 1.807) is 0 Å². The molecule has 1 aromatic rings. The maximum absolute atomic E-state index is 13.4. The lowest BCUT2D eigenvalue weighted by molar-refractivity contribution is -0.149. The summed E-state index contributed by atoms with van der Waals surface area (Å²) in [4.78, 5) is 27.0. The molecule has 1 aliphatic carbocycles. The molecule has 1 aromatic heterocycles. The van der Waals surface area contributed by atoms with Gasteiger partial charge in [0.2, 0.25) is 5.95 Å². The van der Waals surface area contributed by atoms with Gasteiger partial charge >= 0.3 is 5.97 Å². The molecule has 6 heteroatoms. The maximum Gasteiger partial charge on any atom is 0.311 e. The van der Waals surface area contributed by atoms with Gasteiger partial charge in [0.25, 0.3) is 5.91 Å². The summed E-state index contributed by atoms with van der Waals surface area (Å²) in [5, 5.41) is 12.1. The number of carbonyl (C=O) groups excluding carboxylic acids is 1. The molecule has 1 amide bonds. The molecule has 0 bridgehead atoms. The van der Waals surface area contributed by atoms with Crippen LogP contribution in [0.5, 0.6) is 0 Å². The second-order valence-corrected chi connectivity index (χ2v) is 5.52. The summed E-state index contributed by atoms with van der Waals surface area (Å²) in [6.45, 7) is 0.0233. The summed E-state index contributed by atoms with van der Waals surface area (Å²) in [6.07, 6.45) is 6.04. The van der Waals surface area contributed by atoms with Crippen molar-refractivity contribution in [3.63, 3.8) is 0 Å². The van der Waals surface area contributed by atoms with Gasteiger partial charge < -0.3 is 10.4 Å². The first kappa shape index (κ1) is 15.4. The van der Waals surface area contributed by atoms with Crippen LogP contribution in [-0.4, -0.2) is 28.5 Å². The molecule has 21 heavy (non-hydrogen) atoms. The zero-order valence-corrected chi connectivity index (χ0v) is 11.8. The summed E-state index contributed by atoms with van der Waals surface area (Å²) in [7, 11) is 0. The number of aliphatic carboxylic acids is 1. The van der Waals surface area contributed by atoms with E-state index in [9.17, 15) is 19.1 Å². The molecular formula is C15H19FN2O3. The number of nitrogens with zero attached hydrogens (tertiary/aromatic N) is 1. The molecule has 0 aromatic carbocycles. The van der Waals surface area contributed by atoms with Gasteiger partial charge in [0, 0.05) is 12.7 Å². The number of carbonyl (C=O) groups is 2. The lowest BCUT2D eigenvalue weighted by atomic mass is 9.80. The van der Waals surface area contributed by atoms with Crippen LogP contribution in [0, 0.1) is 11.4 Å². The molecule has 0 saturated heterocycles. The second kappa shape index (κ2) is 6.65. The molecular weight excluding hydrogens is 275 g/mol. The smallest absolute Gasteiger partial charge is 0.311 e. The standard InChI is InChI=1S/C15H19FN2O3/c16-12-11(6-5-9-17-12)13(19)18-10-15(14(20)21)7-3-1-2-4-8-15/h5-6,9H,1-4,7-8,10H2,(H,18,19)(H,20,21). The Labute approximate surface area is 122 Å². The van der Waals surface area contributed by atoms with Gasteiger partial charge in [-0.1, -0.05) is 25.7 Å². The first-order valence-electron chi connectivity index (χ1n) is 7.17. The fourth-order valence-electron chi connectivity index (χ4n) is 2.77. The molecule has 114 valence electrons. The van der Waals surface area contributed by atoms with E-state index < -0.39 is 23.2 Å². The first-order chi connectivity index (χ1) is 10.1. The second-order valence-electron chi connectivity index (χ2n) is 5.52. The molecule has 1 fully saturated rings. The number of hydrogen-bond donors (Lipinski definition) is 2. The molecule has 0 atom stereocenters. The number of carboxylic acids is 1. The minimum atomic E-state index is -0.940. The SMILES string of the molecule is O=C(NCC1(C(=O)O)CCCCCC1)c1cccnc1F. The van der Waals surface area contributed by atoms with Crippen LogP contribution in [0.2, 0.25) is 0 Å². The van der Waals surface area contributed by atoms with Crippen LogP contribution < -0.4 is 5.32 Å². The number of nitrogens with one attached hydrogen (secondary N) is 1. The molecule has 2 rings (SSSR count). The molecule has 0 spiro atoms. The highest BCUT2D eigenvalue weighted by Crippen LogP contribution is 2.34. The van der Waals surface area contributed by atoms with E-state index in [1.165, 1.54) is 18.3 Å². The molecule has 1 saturated carbocycles. The van der Waals surface area contributed by atoms with E-state index in [4.69, 9.17) is 0 Å². The average Bonchev–Trinajstić information content (AvgIpc) is 2.72. The Hall–Kier alpha value is -1.98. The first-order valence-corrected chi connectivity index (χ1v) is 7.17. The predicted molar refractivity (Wildman–Crippen MR) is 74.3 cm³/mol. The fourth-order valence-corrected chi connectivity index (χ4v) is 2.77. The Kier molecular flexibility index (Phi) is 4.88. The summed E-state index contributed by atoms with van der Waals surface area (Å²) in [6, 6.07) is 2.80. The van der Waals surface area contributed by atoms with Gasteiger partial charge in [-0.25, -0.2) is 4.98 Å². The van der Waals surface area contributed by atoms with Crippen molar-refractivity contribution in [2.24, 2.45) is 5.41 Å². The van der Waals surface area contributed by atoms with Crippen LogP contribution in [0.15, 0.2) is 18.3 Å². The monoisotopic (exact) mass is 294 g/mol. The van der Waals surface area contributed by atoms with Crippen molar-refractivity contribution in [2.45, 2.75) is 38.5 Å². The lowest BCUT2D eigenvalue weighted by Gasteiger charge is -2.28. The van der Waals surface area contributed by atoms with Crippen LogP contribution in [0.3, 0.4) is 0 Å². The van der Waals surface area contributed by atoms with Crippen LogP contribution in [0.4, 0.5) is 4.39 Å². The number of rotatable bonds is 4. The van der Waals surface area contributed by atoms with Gasteiger partial charge in [0.15, 0.2) is 0 Å². The number of amides is 1. The third-order valence-corrected chi connectivity index (χ3v) is 4.11. The van der Waals surface area contributed by atoms with E-state index in [2.05, 4.69) is 10.3 Å². The maximum atomic E-state index is 13.4. The van der Waals surface area contributed by atoms with Gasteiger partial charge in [-0.05, 0) is 25.0 Å². The number of pyridine rings is 1.